The predicted molar refractivity (Wildman–Crippen MR) is 42.8 cm³/mol. The van der Waals surface area contributed by atoms with Crippen molar-refractivity contribution in [1.82, 2.24) is 5.43 Å². The number of rotatable bonds is 6. The Kier molecular flexibility index (Phi) is 5.78. The van der Waals surface area contributed by atoms with Crippen molar-refractivity contribution in [2.45, 2.75) is 26.2 Å². The molecule has 66 valence electrons. The van der Waals surface area contributed by atoms with Crippen molar-refractivity contribution in [2.75, 3.05) is 6.54 Å². The zero-order valence-electron chi connectivity index (χ0n) is 6.84. The molecule has 0 spiro atoms. The summed E-state index contributed by atoms with van der Waals surface area (Å²) in [7, 11) is 0. The first-order valence-electron chi connectivity index (χ1n) is 3.86. The van der Waals surface area contributed by atoms with Crippen LogP contribution in [-0.2, 0) is 4.79 Å². The SMILES string of the molecule is CCC(CCNN)CC(=O)O. The van der Waals surface area contributed by atoms with Gasteiger partial charge in [-0.25, -0.2) is 0 Å². The molecule has 0 aliphatic heterocycles. The van der Waals surface area contributed by atoms with Gasteiger partial charge >= 0.3 is 5.97 Å². The Morgan fingerprint density at radius 1 is 1.73 bits per heavy atom. The van der Waals surface area contributed by atoms with Gasteiger partial charge in [-0.1, -0.05) is 13.3 Å². The molecule has 4 nitrogen and oxygen atoms in total. The third-order valence-corrected chi connectivity index (χ3v) is 1.74. The second-order valence-electron chi connectivity index (χ2n) is 2.61. The number of hydrogen-bond donors (Lipinski definition) is 3. The summed E-state index contributed by atoms with van der Waals surface area (Å²) in [6.07, 6.45) is 1.98. The maximum atomic E-state index is 10.3. The molecule has 0 fully saturated rings. The monoisotopic (exact) mass is 160 g/mol. The molecule has 0 heterocycles. The van der Waals surface area contributed by atoms with Gasteiger partial charge in [-0.2, -0.15) is 0 Å². The molecule has 0 aliphatic rings. The fraction of sp³-hybridized carbons (Fsp3) is 0.857. The first-order valence-corrected chi connectivity index (χ1v) is 3.86. The van der Waals surface area contributed by atoms with Crippen LogP contribution in [0.4, 0.5) is 0 Å². The van der Waals surface area contributed by atoms with Crippen LogP contribution in [0.3, 0.4) is 0 Å². The van der Waals surface area contributed by atoms with E-state index in [1.54, 1.807) is 0 Å². The van der Waals surface area contributed by atoms with E-state index in [0.717, 1.165) is 12.8 Å². The minimum atomic E-state index is -0.728. The summed E-state index contributed by atoms with van der Waals surface area (Å²) in [6.45, 7) is 2.68. The molecular weight excluding hydrogens is 144 g/mol. The van der Waals surface area contributed by atoms with Crippen LogP contribution < -0.4 is 11.3 Å². The molecule has 11 heavy (non-hydrogen) atoms. The number of nitrogens with one attached hydrogen (secondary N) is 1. The Hall–Kier alpha value is -0.610. The molecular formula is C7H16N2O2. The Morgan fingerprint density at radius 2 is 2.36 bits per heavy atom. The van der Waals surface area contributed by atoms with Crippen LogP contribution in [-0.4, -0.2) is 17.6 Å². The normalized spacial score (nSPS) is 12.9. The standard InChI is InChI=1S/C7H16N2O2/c1-2-6(3-4-9-8)5-7(10)11/h6,9H,2-5,8H2,1H3,(H,10,11). The van der Waals surface area contributed by atoms with Crippen molar-refractivity contribution in [2.24, 2.45) is 11.8 Å². The molecule has 0 aliphatic carbocycles. The lowest BCUT2D eigenvalue weighted by molar-refractivity contribution is -0.138. The first-order chi connectivity index (χ1) is 5.20. The molecule has 0 saturated heterocycles. The van der Waals surface area contributed by atoms with Gasteiger partial charge in [0.2, 0.25) is 0 Å². The summed E-state index contributed by atoms with van der Waals surface area (Å²) < 4.78 is 0. The first kappa shape index (κ1) is 10.4. The molecule has 1 atom stereocenters. The molecule has 1 unspecified atom stereocenters. The summed E-state index contributed by atoms with van der Waals surface area (Å²) in [5.74, 6) is 4.59. The van der Waals surface area contributed by atoms with E-state index in [2.05, 4.69) is 5.43 Å². The van der Waals surface area contributed by atoms with E-state index in [4.69, 9.17) is 10.9 Å². The molecule has 0 rings (SSSR count). The zero-order chi connectivity index (χ0) is 8.69. The number of carboxylic acid groups (broad SMARTS) is 1. The Morgan fingerprint density at radius 3 is 2.73 bits per heavy atom. The summed E-state index contributed by atoms with van der Waals surface area (Å²) in [5, 5.41) is 8.46. The van der Waals surface area contributed by atoms with Gasteiger partial charge in [0.05, 0.1) is 0 Å². The summed E-state index contributed by atoms with van der Waals surface area (Å²) in [4.78, 5) is 10.3. The van der Waals surface area contributed by atoms with Crippen LogP contribution in [0, 0.1) is 5.92 Å². The van der Waals surface area contributed by atoms with Crippen molar-refractivity contribution in [3.63, 3.8) is 0 Å². The summed E-state index contributed by atoms with van der Waals surface area (Å²) in [6, 6.07) is 0. The fourth-order valence-electron chi connectivity index (χ4n) is 0.985. The van der Waals surface area contributed by atoms with Crippen LogP contribution in [0.25, 0.3) is 0 Å². The van der Waals surface area contributed by atoms with Crippen LogP contribution in [0.5, 0.6) is 0 Å². The highest BCUT2D eigenvalue weighted by molar-refractivity contribution is 5.66. The highest BCUT2D eigenvalue weighted by atomic mass is 16.4. The fourth-order valence-corrected chi connectivity index (χ4v) is 0.985. The second kappa shape index (κ2) is 6.12. The number of carboxylic acids is 1. The Labute approximate surface area is 66.7 Å². The highest BCUT2D eigenvalue weighted by Gasteiger charge is 2.09. The zero-order valence-corrected chi connectivity index (χ0v) is 6.84. The van der Waals surface area contributed by atoms with Crippen molar-refractivity contribution in [1.29, 1.82) is 0 Å². The molecule has 4 N–H and O–H groups in total. The van der Waals surface area contributed by atoms with Crippen molar-refractivity contribution < 1.29 is 9.90 Å². The number of nitrogens with two attached hydrogens (primary N) is 1. The predicted octanol–water partition coefficient (Wildman–Crippen LogP) is 0.341. The van der Waals surface area contributed by atoms with Gasteiger partial charge in [-0.15, -0.1) is 0 Å². The van der Waals surface area contributed by atoms with Gasteiger partial charge in [-0.05, 0) is 12.3 Å². The van der Waals surface area contributed by atoms with E-state index in [1.807, 2.05) is 6.92 Å². The molecule has 0 aromatic heterocycles. The van der Waals surface area contributed by atoms with Gasteiger partial charge in [0.1, 0.15) is 0 Å². The van der Waals surface area contributed by atoms with Crippen LogP contribution in [0.2, 0.25) is 0 Å². The molecule has 0 aromatic rings. The van der Waals surface area contributed by atoms with Crippen LogP contribution in [0.15, 0.2) is 0 Å². The van der Waals surface area contributed by atoms with Crippen molar-refractivity contribution in [3.05, 3.63) is 0 Å². The maximum absolute atomic E-state index is 10.3. The van der Waals surface area contributed by atoms with Gasteiger partial charge in [0, 0.05) is 13.0 Å². The van der Waals surface area contributed by atoms with Gasteiger partial charge in [0.15, 0.2) is 0 Å². The van der Waals surface area contributed by atoms with E-state index in [0.29, 0.717) is 6.54 Å². The average molecular weight is 160 g/mol. The summed E-state index contributed by atoms with van der Waals surface area (Å²) >= 11 is 0. The number of hydrazine groups is 1. The lowest BCUT2D eigenvalue weighted by atomic mass is 9.99. The topological polar surface area (TPSA) is 75.3 Å². The van der Waals surface area contributed by atoms with E-state index in [1.165, 1.54) is 0 Å². The van der Waals surface area contributed by atoms with Gasteiger partial charge < -0.3 is 5.11 Å². The molecule has 0 aromatic carbocycles. The minimum Gasteiger partial charge on any atom is -0.481 e. The van der Waals surface area contributed by atoms with E-state index in [-0.39, 0.29) is 12.3 Å². The Balaban J connectivity index is 3.49. The van der Waals surface area contributed by atoms with Crippen molar-refractivity contribution >= 4 is 5.97 Å². The lowest BCUT2D eigenvalue weighted by Gasteiger charge is -2.10. The Bertz CT molecular complexity index is 117. The highest BCUT2D eigenvalue weighted by Crippen LogP contribution is 2.11. The molecule has 0 amide bonds. The second-order valence-corrected chi connectivity index (χ2v) is 2.61. The van der Waals surface area contributed by atoms with E-state index in [9.17, 15) is 4.79 Å². The van der Waals surface area contributed by atoms with Crippen molar-refractivity contribution in [3.8, 4) is 0 Å². The summed E-state index contributed by atoms with van der Waals surface area (Å²) in [5.41, 5.74) is 2.51. The molecule has 0 bridgehead atoms. The largest absolute Gasteiger partial charge is 0.481 e. The van der Waals surface area contributed by atoms with E-state index < -0.39 is 5.97 Å². The third-order valence-electron chi connectivity index (χ3n) is 1.74. The number of hydrogen-bond acceptors (Lipinski definition) is 3. The smallest absolute Gasteiger partial charge is 0.303 e. The number of carbonyl (C=O) groups is 1. The third kappa shape index (κ3) is 5.82. The van der Waals surface area contributed by atoms with E-state index >= 15 is 0 Å². The average Bonchev–Trinajstić information content (AvgIpc) is 1.97. The number of aliphatic carboxylic acids is 1. The molecule has 0 saturated carbocycles. The quantitative estimate of drug-likeness (QED) is 0.387. The maximum Gasteiger partial charge on any atom is 0.303 e. The van der Waals surface area contributed by atoms with Crippen LogP contribution >= 0.6 is 0 Å². The lowest BCUT2D eigenvalue weighted by Crippen LogP contribution is -2.25. The van der Waals surface area contributed by atoms with Gasteiger partial charge in [-0.3, -0.25) is 16.1 Å². The molecule has 0 radical (unpaired) electrons. The van der Waals surface area contributed by atoms with Crippen LogP contribution in [0.1, 0.15) is 26.2 Å². The van der Waals surface area contributed by atoms with Gasteiger partial charge in [0.25, 0.3) is 0 Å². The minimum absolute atomic E-state index is 0.248. The molecule has 4 heteroatoms.